The molecule has 0 radical (unpaired) electrons. The Hall–Kier alpha value is -2.17. The van der Waals surface area contributed by atoms with Crippen LogP contribution in [0, 0.1) is 5.92 Å². The van der Waals surface area contributed by atoms with E-state index in [1.54, 1.807) is 0 Å². The van der Waals surface area contributed by atoms with Gasteiger partial charge in [-0.2, -0.15) is 0 Å². The van der Waals surface area contributed by atoms with Crippen LogP contribution in [0.1, 0.15) is 32.6 Å². The van der Waals surface area contributed by atoms with Gasteiger partial charge >= 0.3 is 0 Å². The number of amides is 1. The lowest BCUT2D eigenvalue weighted by Gasteiger charge is -2.27. The number of carbonyl (C=O) groups excluding carboxylic acids is 1. The number of carbonyl (C=O) groups is 1. The normalized spacial score (nSPS) is 21.7. The van der Waals surface area contributed by atoms with Crippen LogP contribution in [0.3, 0.4) is 0 Å². The van der Waals surface area contributed by atoms with E-state index in [1.165, 1.54) is 10.8 Å². The minimum atomic E-state index is -0.244. The van der Waals surface area contributed by atoms with Crippen LogP contribution in [0.2, 0.25) is 0 Å². The summed E-state index contributed by atoms with van der Waals surface area (Å²) in [7, 11) is 0. The van der Waals surface area contributed by atoms with Gasteiger partial charge in [0, 0.05) is 6.04 Å². The zero-order chi connectivity index (χ0) is 15.5. The highest BCUT2D eigenvalue weighted by Gasteiger charge is 2.20. The number of hydrogen-bond donors (Lipinski definition) is 1. The molecule has 1 fully saturated rings. The van der Waals surface area contributed by atoms with Crippen molar-refractivity contribution in [2.75, 3.05) is 0 Å². The van der Waals surface area contributed by atoms with Gasteiger partial charge in [0.05, 0.1) is 17.2 Å². The lowest BCUT2D eigenvalue weighted by molar-refractivity contribution is -0.122. The van der Waals surface area contributed by atoms with E-state index in [-0.39, 0.29) is 24.1 Å². The summed E-state index contributed by atoms with van der Waals surface area (Å²) in [5.41, 5.74) is 1.18. The fraction of sp³-hybridized carbons (Fsp3) is 0.471. The van der Waals surface area contributed by atoms with Crippen molar-refractivity contribution in [1.82, 2.24) is 14.9 Å². The monoisotopic (exact) mass is 299 g/mol. The molecule has 22 heavy (non-hydrogen) atoms. The van der Waals surface area contributed by atoms with Crippen LogP contribution in [0.5, 0.6) is 0 Å². The largest absolute Gasteiger partial charge is 0.352 e. The molecule has 5 nitrogen and oxygen atoms in total. The third-order valence-electron chi connectivity index (χ3n) is 4.44. The first-order chi connectivity index (χ1) is 10.6. The maximum Gasteiger partial charge on any atom is 0.269 e. The van der Waals surface area contributed by atoms with Crippen LogP contribution in [-0.4, -0.2) is 21.5 Å². The number of nitrogens with one attached hydrogen (secondary N) is 1. The van der Waals surface area contributed by atoms with Gasteiger partial charge in [-0.15, -0.1) is 0 Å². The third kappa shape index (κ3) is 3.18. The average Bonchev–Trinajstić information content (AvgIpc) is 2.52. The van der Waals surface area contributed by atoms with Crippen LogP contribution < -0.4 is 10.9 Å². The summed E-state index contributed by atoms with van der Waals surface area (Å²) in [5.74, 6) is 0.651. The molecule has 3 rings (SSSR count). The van der Waals surface area contributed by atoms with Crippen molar-refractivity contribution >= 4 is 16.9 Å². The second-order valence-electron chi connectivity index (χ2n) is 6.20. The first-order valence-electron chi connectivity index (χ1n) is 7.87. The molecule has 0 saturated heterocycles. The number of nitrogens with zero attached hydrogens (tertiary/aromatic N) is 2. The number of benzene rings is 1. The highest BCUT2D eigenvalue weighted by Crippen LogP contribution is 2.23. The molecule has 1 aromatic carbocycles. The molecule has 0 aliphatic heterocycles. The van der Waals surface area contributed by atoms with Gasteiger partial charge in [-0.25, -0.2) is 4.98 Å². The molecule has 2 aromatic rings. The predicted octanol–water partition coefficient (Wildman–Crippen LogP) is 2.09. The fourth-order valence-corrected chi connectivity index (χ4v) is 3.10. The standard InChI is InChI=1S/C17H21N3O2/c1-12-6-8-13(9-7-12)19-16(21)11-20-15-5-3-2-4-14(15)18-10-17(20)22/h2-5,10,12-13H,6-9,11H2,1H3,(H,19,21). The van der Waals surface area contributed by atoms with Crippen molar-refractivity contribution in [1.29, 1.82) is 0 Å². The van der Waals surface area contributed by atoms with E-state index in [1.807, 2.05) is 24.3 Å². The minimum absolute atomic E-state index is 0.0495. The molecule has 1 saturated carbocycles. The number of fused-ring (bicyclic) bond motifs is 1. The molecule has 1 N–H and O–H groups in total. The molecule has 1 heterocycles. The van der Waals surface area contributed by atoms with Crippen LogP contribution in [-0.2, 0) is 11.3 Å². The van der Waals surface area contributed by atoms with Crippen LogP contribution >= 0.6 is 0 Å². The van der Waals surface area contributed by atoms with E-state index in [2.05, 4.69) is 17.2 Å². The molecule has 1 aliphatic carbocycles. The average molecular weight is 299 g/mol. The Morgan fingerprint density at radius 1 is 1.27 bits per heavy atom. The second-order valence-corrected chi connectivity index (χ2v) is 6.20. The summed E-state index contributed by atoms with van der Waals surface area (Å²) in [5, 5.41) is 3.06. The second kappa shape index (κ2) is 6.30. The van der Waals surface area contributed by atoms with Crippen molar-refractivity contribution in [3.8, 4) is 0 Å². The molecule has 1 aliphatic rings. The molecule has 1 amide bonds. The van der Waals surface area contributed by atoms with Gasteiger partial charge in [0.1, 0.15) is 6.54 Å². The third-order valence-corrected chi connectivity index (χ3v) is 4.44. The maximum absolute atomic E-state index is 12.3. The van der Waals surface area contributed by atoms with Gasteiger partial charge in [-0.1, -0.05) is 19.1 Å². The predicted molar refractivity (Wildman–Crippen MR) is 85.6 cm³/mol. The summed E-state index contributed by atoms with van der Waals surface area (Å²) in [6, 6.07) is 7.62. The van der Waals surface area contributed by atoms with Crippen molar-refractivity contribution < 1.29 is 4.79 Å². The van der Waals surface area contributed by atoms with E-state index < -0.39 is 0 Å². The quantitative estimate of drug-likeness (QED) is 0.944. The summed E-state index contributed by atoms with van der Waals surface area (Å²) >= 11 is 0. The van der Waals surface area contributed by atoms with Crippen molar-refractivity contribution in [3.05, 3.63) is 40.8 Å². The van der Waals surface area contributed by atoms with Gasteiger partial charge in [-0.3, -0.25) is 14.2 Å². The Labute approximate surface area is 129 Å². The van der Waals surface area contributed by atoms with Crippen LogP contribution in [0.4, 0.5) is 0 Å². The zero-order valence-electron chi connectivity index (χ0n) is 12.8. The lowest BCUT2D eigenvalue weighted by Crippen LogP contribution is -2.40. The van der Waals surface area contributed by atoms with Crippen LogP contribution in [0.25, 0.3) is 11.0 Å². The number of para-hydroxylation sites is 2. The smallest absolute Gasteiger partial charge is 0.269 e. The molecule has 0 atom stereocenters. The molecule has 116 valence electrons. The Morgan fingerprint density at radius 3 is 2.77 bits per heavy atom. The molecule has 0 bridgehead atoms. The van der Waals surface area contributed by atoms with Gasteiger partial charge < -0.3 is 5.32 Å². The van der Waals surface area contributed by atoms with E-state index in [0.29, 0.717) is 5.52 Å². The zero-order valence-corrected chi connectivity index (χ0v) is 12.8. The minimum Gasteiger partial charge on any atom is -0.352 e. The van der Waals surface area contributed by atoms with Gasteiger partial charge in [0.25, 0.3) is 5.56 Å². The Bertz CT molecular complexity index is 730. The summed E-state index contributed by atoms with van der Waals surface area (Å²) in [6.07, 6.45) is 5.64. The first kappa shape index (κ1) is 14.8. The van der Waals surface area contributed by atoms with Crippen molar-refractivity contribution in [3.63, 3.8) is 0 Å². The van der Waals surface area contributed by atoms with E-state index in [9.17, 15) is 9.59 Å². The summed E-state index contributed by atoms with van der Waals surface area (Å²) in [4.78, 5) is 28.4. The Balaban J connectivity index is 1.74. The van der Waals surface area contributed by atoms with Gasteiger partial charge in [-0.05, 0) is 43.7 Å². The first-order valence-corrected chi connectivity index (χ1v) is 7.87. The van der Waals surface area contributed by atoms with E-state index >= 15 is 0 Å². The number of rotatable bonds is 3. The topological polar surface area (TPSA) is 64.0 Å². The molecule has 5 heteroatoms. The van der Waals surface area contributed by atoms with Crippen molar-refractivity contribution in [2.24, 2.45) is 5.92 Å². The van der Waals surface area contributed by atoms with E-state index in [0.717, 1.165) is 37.1 Å². The SMILES string of the molecule is CC1CCC(NC(=O)Cn2c(=O)cnc3ccccc32)CC1. The number of aromatic nitrogens is 2. The van der Waals surface area contributed by atoms with Crippen molar-refractivity contribution in [2.45, 2.75) is 45.2 Å². The molecular weight excluding hydrogens is 278 g/mol. The maximum atomic E-state index is 12.3. The summed E-state index contributed by atoms with van der Waals surface area (Å²) in [6.45, 7) is 2.30. The Morgan fingerprint density at radius 2 is 2.00 bits per heavy atom. The molecule has 0 spiro atoms. The molecule has 0 unspecified atom stereocenters. The van der Waals surface area contributed by atoms with Gasteiger partial charge in [0.2, 0.25) is 5.91 Å². The van der Waals surface area contributed by atoms with Crippen LogP contribution in [0.15, 0.2) is 35.3 Å². The Kier molecular flexibility index (Phi) is 4.22. The molecule has 1 aromatic heterocycles. The number of hydrogen-bond acceptors (Lipinski definition) is 3. The van der Waals surface area contributed by atoms with E-state index in [4.69, 9.17) is 0 Å². The molecular formula is C17H21N3O2. The lowest BCUT2D eigenvalue weighted by atomic mass is 9.87. The van der Waals surface area contributed by atoms with Gasteiger partial charge in [0.15, 0.2) is 0 Å². The highest BCUT2D eigenvalue weighted by molar-refractivity contribution is 5.80. The summed E-state index contributed by atoms with van der Waals surface area (Å²) < 4.78 is 1.49. The fourth-order valence-electron chi connectivity index (χ4n) is 3.10. The highest BCUT2D eigenvalue weighted by atomic mass is 16.2.